The van der Waals surface area contributed by atoms with Gasteiger partial charge in [0.1, 0.15) is 5.82 Å². The molecular weight excluding hydrogens is 419 g/mol. The molecule has 0 aliphatic rings. The summed E-state index contributed by atoms with van der Waals surface area (Å²) in [6.45, 7) is -0.515. The number of carbonyl (C=O) groups excluding carboxylic acids is 3. The van der Waals surface area contributed by atoms with E-state index in [1.807, 2.05) is 42.5 Å². The maximum Gasteiger partial charge on any atom is 0.339 e. The number of esters is 1. The fourth-order valence-corrected chi connectivity index (χ4v) is 3.39. The highest BCUT2D eigenvalue weighted by Gasteiger charge is 2.20. The number of hydrogen-bond donors (Lipinski definition) is 0. The van der Waals surface area contributed by atoms with Crippen molar-refractivity contribution in [1.82, 2.24) is 0 Å². The lowest BCUT2D eigenvalue weighted by molar-refractivity contribution is 0.0473. The van der Waals surface area contributed by atoms with Gasteiger partial charge in [-0.1, -0.05) is 72.8 Å². The average Bonchev–Trinajstić information content (AvgIpc) is 2.87. The summed E-state index contributed by atoms with van der Waals surface area (Å²) >= 11 is 0. The Morgan fingerprint density at radius 2 is 1.15 bits per heavy atom. The highest BCUT2D eigenvalue weighted by Crippen LogP contribution is 2.22. The summed E-state index contributed by atoms with van der Waals surface area (Å²) in [6, 6.07) is 28.2. The van der Waals surface area contributed by atoms with Gasteiger partial charge in [0.15, 0.2) is 18.2 Å². The molecule has 0 heterocycles. The molecule has 0 fully saturated rings. The predicted molar refractivity (Wildman–Crippen MR) is 123 cm³/mol. The van der Waals surface area contributed by atoms with Crippen LogP contribution in [0.2, 0.25) is 0 Å². The van der Waals surface area contributed by atoms with Crippen LogP contribution in [0.5, 0.6) is 0 Å². The maximum absolute atomic E-state index is 13.1. The van der Waals surface area contributed by atoms with Gasteiger partial charge >= 0.3 is 5.97 Å². The summed E-state index contributed by atoms with van der Waals surface area (Å²) in [6.07, 6.45) is 0. The third kappa shape index (κ3) is 5.10. The second kappa shape index (κ2) is 9.83. The monoisotopic (exact) mass is 438 g/mol. The van der Waals surface area contributed by atoms with Crippen molar-refractivity contribution >= 4 is 17.5 Å². The van der Waals surface area contributed by atoms with Crippen molar-refractivity contribution in [3.05, 3.63) is 131 Å². The number of carbonyl (C=O) groups is 3. The predicted octanol–water partition coefficient (Wildman–Crippen LogP) is 5.76. The highest BCUT2D eigenvalue weighted by molar-refractivity contribution is 6.14. The molecule has 0 atom stereocenters. The first kappa shape index (κ1) is 21.8. The zero-order valence-corrected chi connectivity index (χ0v) is 17.5. The molecule has 0 bridgehead atoms. The fourth-order valence-electron chi connectivity index (χ4n) is 3.39. The molecule has 4 aromatic carbocycles. The third-order valence-corrected chi connectivity index (χ3v) is 5.15. The quantitative estimate of drug-likeness (QED) is 0.272. The molecule has 162 valence electrons. The van der Waals surface area contributed by atoms with Crippen LogP contribution in [-0.2, 0) is 4.74 Å². The van der Waals surface area contributed by atoms with Gasteiger partial charge in [-0.15, -0.1) is 0 Å². The van der Waals surface area contributed by atoms with Crippen LogP contribution in [0.15, 0.2) is 103 Å². The molecule has 0 aromatic heterocycles. The Morgan fingerprint density at radius 1 is 0.606 bits per heavy atom. The molecule has 0 aliphatic heterocycles. The standard InChI is InChI=1S/C28H19FO4/c29-23-16-14-21(15-17-23)26(30)18-33-28(32)25-9-5-4-8-24(25)27(31)22-12-10-20(11-13-22)19-6-2-1-3-7-19/h1-17H,18H2. The van der Waals surface area contributed by atoms with Gasteiger partial charge in [0.2, 0.25) is 0 Å². The van der Waals surface area contributed by atoms with E-state index in [1.54, 1.807) is 30.3 Å². The van der Waals surface area contributed by atoms with E-state index in [9.17, 15) is 18.8 Å². The Labute approximate surface area is 190 Å². The van der Waals surface area contributed by atoms with E-state index in [2.05, 4.69) is 0 Å². The molecule has 0 saturated heterocycles. The van der Waals surface area contributed by atoms with Crippen LogP contribution in [-0.4, -0.2) is 24.1 Å². The average molecular weight is 438 g/mol. The molecule has 33 heavy (non-hydrogen) atoms. The number of hydrogen-bond acceptors (Lipinski definition) is 4. The molecule has 0 saturated carbocycles. The van der Waals surface area contributed by atoms with E-state index in [0.29, 0.717) is 5.56 Å². The summed E-state index contributed by atoms with van der Waals surface area (Å²) < 4.78 is 18.2. The van der Waals surface area contributed by atoms with E-state index in [4.69, 9.17) is 4.74 Å². The van der Waals surface area contributed by atoms with Crippen molar-refractivity contribution in [2.75, 3.05) is 6.61 Å². The van der Waals surface area contributed by atoms with E-state index < -0.39 is 24.2 Å². The Morgan fingerprint density at radius 3 is 1.82 bits per heavy atom. The summed E-state index contributed by atoms with van der Waals surface area (Å²) in [7, 11) is 0. The number of ether oxygens (including phenoxy) is 1. The van der Waals surface area contributed by atoms with Crippen LogP contribution in [0.25, 0.3) is 11.1 Å². The third-order valence-electron chi connectivity index (χ3n) is 5.15. The molecule has 0 radical (unpaired) electrons. The number of ketones is 2. The van der Waals surface area contributed by atoms with Crippen molar-refractivity contribution in [1.29, 1.82) is 0 Å². The van der Waals surface area contributed by atoms with Gasteiger partial charge < -0.3 is 4.74 Å². The van der Waals surface area contributed by atoms with E-state index >= 15 is 0 Å². The minimum Gasteiger partial charge on any atom is -0.454 e. The Balaban J connectivity index is 1.49. The van der Waals surface area contributed by atoms with Crippen LogP contribution in [0.3, 0.4) is 0 Å². The molecule has 0 unspecified atom stereocenters. The van der Waals surface area contributed by atoms with E-state index in [0.717, 1.165) is 23.3 Å². The summed E-state index contributed by atoms with van der Waals surface area (Å²) in [5.41, 5.74) is 2.92. The minimum atomic E-state index is -0.782. The molecular formula is C28H19FO4. The number of benzene rings is 4. The normalized spacial score (nSPS) is 10.5. The van der Waals surface area contributed by atoms with Crippen LogP contribution in [0.1, 0.15) is 36.6 Å². The zero-order valence-electron chi connectivity index (χ0n) is 17.5. The summed E-state index contributed by atoms with van der Waals surface area (Å²) in [4.78, 5) is 38.0. The summed E-state index contributed by atoms with van der Waals surface area (Å²) in [5, 5.41) is 0. The second-order valence-electron chi connectivity index (χ2n) is 7.32. The molecule has 4 rings (SSSR count). The van der Waals surface area contributed by atoms with Crippen LogP contribution < -0.4 is 0 Å². The van der Waals surface area contributed by atoms with Gasteiger partial charge in [-0.25, -0.2) is 9.18 Å². The van der Waals surface area contributed by atoms with Crippen molar-refractivity contribution < 1.29 is 23.5 Å². The molecule has 5 heteroatoms. The van der Waals surface area contributed by atoms with Crippen LogP contribution in [0, 0.1) is 5.82 Å². The van der Waals surface area contributed by atoms with Gasteiger partial charge in [-0.2, -0.15) is 0 Å². The topological polar surface area (TPSA) is 60.4 Å². The summed E-state index contributed by atoms with van der Waals surface area (Å²) in [5.74, 6) is -2.04. The fraction of sp³-hybridized carbons (Fsp3) is 0.0357. The maximum atomic E-state index is 13.1. The molecule has 4 nitrogen and oxygen atoms in total. The van der Waals surface area contributed by atoms with Gasteiger partial charge in [0, 0.05) is 16.7 Å². The first-order valence-corrected chi connectivity index (χ1v) is 10.3. The highest BCUT2D eigenvalue weighted by atomic mass is 19.1. The van der Waals surface area contributed by atoms with Crippen molar-refractivity contribution in [3.63, 3.8) is 0 Å². The Kier molecular flexibility index (Phi) is 6.51. The molecule has 4 aromatic rings. The van der Waals surface area contributed by atoms with E-state index in [1.165, 1.54) is 18.2 Å². The number of halogens is 1. The van der Waals surface area contributed by atoms with Crippen molar-refractivity contribution in [2.45, 2.75) is 0 Å². The van der Waals surface area contributed by atoms with Crippen LogP contribution >= 0.6 is 0 Å². The molecule has 0 spiro atoms. The molecule has 0 amide bonds. The first-order valence-electron chi connectivity index (χ1n) is 10.3. The van der Waals surface area contributed by atoms with E-state index in [-0.39, 0.29) is 22.5 Å². The molecule has 0 N–H and O–H groups in total. The van der Waals surface area contributed by atoms with Crippen molar-refractivity contribution in [3.8, 4) is 11.1 Å². The number of rotatable bonds is 7. The number of Topliss-reactive ketones (excluding diaryl/α,β-unsaturated/α-hetero) is 1. The second-order valence-corrected chi connectivity index (χ2v) is 7.32. The lowest BCUT2D eigenvalue weighted by Gasteiger charge is -2.10. The SMILES string of the molecule is O=C(COC(=O)c1ccccc1C(=O)c1ccc(-c2ccccc2)cc1)c1ccc(F)cc1. The van der Waals surface area contributed by atoms with Gasteiger partial charge in [-0.05, 0) is 41.5 Å². The Hall–Kier alpha value is -4.38. The van der Waals surface area contributed by atoms with Crippen LogP contribution in [0.4, 0.5) is 4.39 Å². The van der Waals surface area contributed by atoms with Gasteiger partial charge in [-0.3, -0.25) is 9.59 Å². The lowest BCUT2D eigenvalue weighted by atomic mass is 9.96. The first-order chi connectivity index (χ1) is 16.0. The molecule has 0 aliphatic carbocycles. The Bertz CT molecular complexity index is 1290. The lowest BCUT2D eigenvalue weighted by Crippen LogP contribution is -2.17. The minimum absolute atomic E-state index is 0.0709. The van der Waals surface area contributed by atoms with Crippen molar-refractivity contribution in [2.24, 2.45) is 0 Å². The smallest absolute Gasteiger partial charge is 0.339 e. The largest absolute Gasteiger partial charge is 0.454 e. The zero-order chi connectivity index (χ0) is 23.2. The van der Waals surface area contributed by atoms with Gasteiger partial charge in [0.05, 0.1) is 5.56 Å². The van der Waals surface area contributed by atoms with Gasteiger partial charge in [0.25, 0.3) is 0 Å².